The molecule has 4 aromatic carbocycles. The lowest BCUT2D eigenvalue weighted by Crippen LogP contribution is -2.32. The van der Waals surface area contributed by atoms with Crippen molar-refractivity contribution in [2.45, 2.75) is 5.41 Å². The van der Waals surface area contributed by atoms with Gasteiger partial charge in [0.05, 0.1) is 5.41 Å². The average molecular weight is 394 g/mol. The zero-order valence-corrected chi connectivity index (χ0v) is 16.1. The van der Waals surface area contributed by atoms with Crippen LogP contribution in [0.1, 0.15) is 22.3 Å². The van der Waals surface area contributed by atoms with E-state index in [4.69, 9.17) is 19.8 Å². The minimum absolute atomic E-state index is 0.321. The number of rotatable bonds is 0. The quantitative estimate of drug-likeness (QED) is 0.339. The van der Waals surface area contributed by atoms with Crippen molar-refractivity contribution in [2.24, 2.45) is 0 Å². The van der Waals surface area contributed by atoms with Crippen LogP contribution in [0, 0.1) is 0 Å². The fourth-order valence-corrected chi connectivity index (χ4v) is 4.81. The molecule has 0 amide bonds. The molecule has 1 spiro atoms. The highest BCUT2D eigenvalue weighted by Crippen LogP contribution is 2.61. The second kappa shape index (κ2) is 7.15. The Morgan fingerprint density at radius 2 is 0.833 bits per heavy atom. The van der Waals surface area contributed by atoms with Gasteiger partial charge in [0, 0.05) is 11.1 Å². The highest BCUT2D eigenvalue weighted by molar-refractivity contribution is 6.30. The van der Waals surface area contributed by atoms with Crippen LogP contribution in [0.3, 0.4) is 0 Å². The summed E-state index contributed by atoms with van der Waals surface area (Å²) in [6.45, 7) is 0. The van der Waals surface area contributed by atoms with Crippen LogP contribution in [0.2, 0.25) is 0 Å². The molecule has 0 saturated heterocycles. The molecule has 0 radical (unpaired) electrons. The Morgan fingerprint density at radius 3 is 1.27 bits per heavy atom. The molecule has 2 aliphatic rings. The van der Waals surface area contributed by atoms with E-state index in [9.17, 15) is 0 Å². The van der Waals surface area contributed by atoms with Crippen molar-refractivity contribution in [1.29, 1.82) is 0 Å². The summed E-state index contributed by atoms with van der Waals surface area (Å²) < 4.78 is 6.29. The minimum Gasteiger partial charge on any atom is -0.457 e. The molecule has 6 rings (SSSR count). The number of ether oxygens (including phenoxy) is 1. The average Bonchev–Trinajstić information content (AvgIpc) is 3.05. The molecule has 30 heavy (non-hydrogen) atoms. The molecule has 0 saturated carbocycles. The van der Waals surface area contributed by atoms with Gasteiger partial charge >= 0.3 is 7.32 Å². The molecule has 5 heteroatoms. The first-order valence-corrected chi connectivity index (χ1v) is 9.74. The first-order valence-electron chi connectivity index (χ1n) is 9.74. The third-order valence-electron chi connectivity index (χ3n) is 5.75. The summed E-state index contributed by atoms with van der Waals surface area (Å²) in [6, 6.07) is 34.5. The van der Waals surface area contributed by atoms with Gasteiger partial charge in [0.25, 0.3) is 0 Å². The van der Waals surface area contributed by atoms with E-state index < -0.39 is 7.32 Å². The van der Waals surface area contributed by atoms with Crippen molar-refractivity contribution in [3.05, 3.63) is 119 Å². The van der Waals surface area contributed by atoms with E-state index in [0.717, 1.165) is 11.5 Å². The predicted molar refractivity (Wildman–Crippen MR) is 116 cm³/mol. The van der Waals surface area contributed by atoms with Gasteiger partial charge in [-0.3, -0.25) is 0 Å². The van der Waals surface area contributed by atoms with Gasteiger partial charge in [-0.05, 0) is 34.4 Å². The van der Waals surface area contributed by atoms with E-state index in [2.05, 4.69) is 84.9 Å². The van der Waals surface area contributed by atoms with Gasteiger partial charge in [-0.15, -0.1) is 0 Å². The van der Waals surface area contributed by atoms with Crippen LogP contribution < -0.4 is 4.74 Å². The van der Waals surface area contributed by atoms with Gasteiger partial charge in [0.2, 0.25) is 0 Å². The van der Waals surface area contributed by atoms with Crippen LogP contribution >= 0.6 is 0 Å². The smallest absolute Gasteiger partial charge is 0.457 e. The predicted octanol–water partition coefficient (Wildman–Crippen LogP) is 4.10. The van der Waals surface area contributed by atoms with E-state index in [-0.39, 0.29) is 5.41 Å². The van der Waals surface area contributed by atoms with Crippen LogP contribution in [0.25, 0.3) is 11.1 Å². The van der Waals surface area contributed by atoms with Gasteiger partial charge in [-0.1, -0.05) is 84.9 Å². The highest BCUT2D eigenvalue weighted by Gasteiger charge is 2.50. The summed E-state index contributed by atoms with van der Waals surface area (Å²) in [5.74, 6) is 1.88. The standard InChI is InChI=1S/C25H16O.BH3O3/c1-3-11-19-17(9-1)18-10-2-4-12-20(18)25(19)21-13-5-7-15-23(21)26-24-16-8-6-14-22(24)25;2-1(3)4/h1-16H;2-4H. The molecule has 0 atom stereocenters. The lowest BCUT2D eigenvalue weighted by molar-refractivity contribution is 0.278. The first-order chi connectivity index (χ1) is 14.6. The van der Waals surface area contributed by atoms with Crippen LogP contribution in [-0.4, -0.2) is 22.4 Å². The second-order valence-corrected chi connectivity index (χ2v) is 7.28. The Balaban J connectivity index is 0.000000446. The number of hydrogen-bond acceptors (Lipinski definition) is 4. The maximum Gasteiger partial charge on any atom is 0.631 e. The number of hydrogen-bond donors (Lipinski definition) is 3. The fraction of sp³-hybridized carbons (Fsp3) is 0.0400. The Hall–Kier alpha value is -3.38. The van der Waals surface area contributed by atoms with Gasteiger partial charge in [-0.2, -0.15) is 0 Å². The maximum absolute atomic E-state index is 7.17. The van der Waals surface area contributed by atoms with Crippen LogP contribution in [0.15, 0.2) is 97.1 Å². The molecule has 1 heterocycles. The molecule has 3 N–H and O–H groups in total. The molecule has 0 bridgehead atoms. The fourth-order valence-electron chi connectivity index (χ4n) is 4.81. The van der Waals surface area contributed by atoms with Crippen molar-refractivity contribution in [3.8, 4) is 22.6 Å². The zero-order chi connectivity index (χ0) is 20.7. The molecular formula is C25H19BO4. The summed E-state index contributed by atoms with van der Waals surface area (Å²) in [5.41, 5.74) is 7.42. The van der Waals surface area contributed by atoms with Crippen molar-refractivity contribution >= 4 is 7.32 Å². The molecule has 4 nitrogen and oxygen atoms in total. The molecule has 146 valence electrons. The molecule has 0 fully saturated rings. The van der Waals surface area contributed by atoms with Crippen molar-refractivity contribution in [2.75, 3.05) is 0 Å². The monoisotopic (exact) mass is 394 g/mol. The molecule has 1 aliphatic carbocycles. The Morgan fingerprint density at radius 1 is 0.500 bits per heavy atom. The van der Waals surface area contributed by atoms with Gasteiger partial charge in [0.1, 0.15) is 11.5 Å². The van der Waals surface area contributed by atoms with E-state index in [1.54, 1.807) is 0 Å². The zero-order valence-electron chi connectivity index (χ0n) is 16.1. The third-order valence-corrected chi connectivity index (χ3v) is 5.75. The Kier molecular flexibility index (Phi) is 4.44. The molecule has 0 unspecified atom stereocenters. The molecule has 0 aromatic heterocycles. The lowest BCUT2D eigenvalue weighted by Gasteiger charge is -2.39. The lowest BCUT2D eigenvalue weighted by atomic mass is 9.66. The largest absolute Gasteiger partial charge is 0.631 e. The van der Waals surface area contributed by atoms with Gasteiger partial charge in [0.15, 0.2) is 0 Å². The Labute approximate surface area is 174 Å². The molecule has 1 aliphatic heterocycles. The van der Waals surface area contributed by atoms with E-state index in [1.807, 2.05) is 12.1 Å². The minimum atomic E-state index is -2.17. The normalized spacial score (nSPS) is 13.7. The van der Waals surface area contributed by atoms with E-state index in [0.29, 0.717) is 0 Å². The van der Waals surface area contributed by atoms with Gasteiger partial charge < -0.3 is 19.8 Å². The summed E-state index contributed by atoms with van der Waals surface area (Å²) >= 11 is 0. The van der Waals surface area contributed by atoms with E-state index >= 15 is 0 Å². The summed E-state index contributed by atoms with van der Waals surface area (Å²) in [4.78, 5) is 0. The van der Waals surface area contributed by atoms with Crippen molar-refractivity contribution < 1.29 is 19.8 Å². The number of benzene rings is 4. The van der Waals surface area contributed by atoms with E-state index in [1.165, 1.54) is 33.4 Å². The van der Waals surface area contributed by atoms with Crippen molar-refractivity contribution in [3.63, 3.8) is 0 Å². The Bertz CT molecular complexity index is 1140. The SMILES string of the molecule is OB(O)O.c1ccc2c(c1)Oc1ccccc1C21c2ccccc2-c2ccccc21. The number of fused-ring (bicyclic) bond motifs is 9. The van der Waals surface area contributed by atoms with Crippen LogP contribution in [0.4, 0.5) is 0 Å². The summed E-state index contributed by atoms with van der Waals surface area (Å²) in [6.07, 6.45) is 0. The first kappa shape index (κ1) is 18.6. The van der Waals surface area contributed by atoms with Crippen LogP contribution in [-0.2, 0) is 5.41 Å². The summed E-state index contributed by atoms with van der Waals surface area (Å²) in [5, 5.41) is 21.5. The third kappa shape index (κ3) is 2.61. The number of para-hydroxylation sites is 2. The molecular weight excluding hydrogens is 375 g/mol. The molecule has 4 aromatic rings. The van der Waals surface area contributed by atoms with Gasteiger partial charge in [-0.25, -0.2) is 0 Å². The summed E-state index contributed by atoms with van der Waals surface area (Å²) in [7, 11) is -2.17. The van der Waals surface area contributed by atoms with Crippen molar-refractivity contribution in [1.82, 2.24) is 0 Å². The topological polar surface area (TPSA) is 69.9 Å². The van der Waals surface area contributed by atoms with Crippen LogP contribution in [0.5, 0.6) is 11.5 Å². The second-order valence-electron chi connectivity index (χ2n) is 7.28. The maximum atomic E-state index is 7.17. The highest BCUT2D eigenvalue weighted by atomic mass is 16.5.